The van der Waals surface area contributed by atoms with Gasteiger partial charge in [0.1, 0.15) is 0 Å². The lowest BCUT2D eigenvalue weighted by Crippen LogP contribution is -2.16. The molecule has 3 N–H and O–H groups in total. The Balaban J connectivity index is 1.90. The number of hydrogen-bond acceptors (Lipinski definition) is 4. The van der Waals surface area contributed by atoms with Crippen molar-refractivity contribution in [2.24, 2.45) is 5.73 Å². The average Bonchev–Trinajstić information content (AvgIpc) is 2.80. The SMILES string of the molecule is Cc1ccc(C(N)=O)cc1NC(=O)c1cc2c(cc1C)OCCCO2. The van der Waals surface area contributed by atoms with E-state index in [4.69, 9.17) is 15.2 Å². The summed E-state index contributed by atoms with van der Waals surface area (Å²) in [5, 5.41) is 2.84. The molecule has 25 heavy (non-hydrogen) atoms. The van der Waals surface area contributed by atoms with Crippen LogP contribution in [0.15, 0.2) is 30.3 Å². The van der Waals surface area contributed by atoms with Crippen molar-refractivity contribution in [3.05, 3.63) is 52.6 Å². The van der Waals surface area contributed by atoms with E-state index in [0.717, 1.165) is 17.5 Å². The molecule has 0 atom stereocenters. The minimum atomic E-state index is -0.540. The van der Waals surface area contributed by atoms with Crippen molar-refractivity contribution in [1.82, 2.24) is 0 Å². The summed E-state index contributed by atoms with van der Waals surface area (Å²) in [5.74, 6) is 0.398. The van der Waals surface area contributed by atoms with E-state index < -0.39 is 5.91 Å². The van der Waals surface area contributed by atoms with E-state index in [2.05, 4.69) is 5.32 Å². The Kier molecular flexibility index (Phi) is 4.61. The van der Waals surface area contributed by atoms with Crippen LogP contribution in [0.5, 0.6) is 11.5 Å². The van der Waals surface area contributed by atoms with Gasteiger partial charge in [-0.3, -0.25) is 9.59 Å². The van der Waals surface area contributed by atoms with Crippen LogP contribution in [-0.2, 0) is 0 Å². The standard InChI is InChI=1S/C19H20N2O4/c1-11-4-5-13(18(20)22)9-15(11)21-19(23)14-10-17-16(8-12(14)2)24-6-3-7-25-17/h4-5,8-10H,3,6-7H2,1-2H3,(H2,20,22)(H,21,23). The van der Waals surface area contributed by atoms with E-state index in [1.807, 2.05) is 19.9 Å². The molecule has 0 fully saturated rings. The van der Waals surface area contributed by atoms with Gasteiger partial charge in [-0.15, -0.1) is 0 Å². The molecule has 6 heteroatoms. The van der Waals surface area contributed by atoms with Gasteiger partial charge in [0.25, 0.3) is 5.91 Å². The van der Waals surface area contributed by atoms with E-state index >= 15 is 0 Å². The molecule has 0 aliphatic carbocycles. The number of ether oxygens (including phenoxy) is 2. The van der Waals surface area contributed by atoms with Gasteiger partial charge in [0, 0.05) is 23.2 Å². The molecule has 1 heterocycles. The van der Waals surface area contributed by atoms with Crippen molar-refractivity contribution in [1.29, 1.82) is 0 Å². The highest BCUT2D eigenvalue weighted by molar-refractivity contribution is 6.06. The molecule has 0 saturated carbocycles. The maximum atomic E-state index is 12.7. The first-order chi connectivity index (χ1) is 12.0. The summed E-state index contributed by atoms with van der Waals surface area (Å²) in [6.45, 7) is 4.84. The number of fused-ring (bicyclic) bond motifs is 1. The maximum Gasteiger partial charge on any atom is 0.256 e. The molecular weight excluding hydrogens is 320 g/mol. The zero-order chi connectivity index (χ0) is 18.0. The smallest absolute Gasteiger partial charge is 0.256 e. The molecule has 3 rings (SSSR count). The van der Waals surface area contributed by atoms with Crippen LogP contribution in [0, 0.1) is 13.8 Å². The van der Waals surface area contributed by atoms with Crippen LogP contribution in [0.2, 0.25) is 0 Å². The molecule has 2 aromatic carbocycles. The summed E-state index contributed by atoms with van der Waals surface area (Å²) in [7, 11) is 0. The summed E-state index contributed by atoms with van der Waals surface area (Å²) in [5.41, 5.74) is 8.32. The molecule has 1 aliphatic heterocycles. The quantitative estimate of drug-likeness (QED) is 0.899. The number of nitrogens with two attached hydrogens (primary N) is 1. The molecule has 2 amide bonds. The lowest BCUT2D eigenvalue weighted by atomic mass is 10.1. The van der Waals surface area contributed by atoms with Gasteiger partial charge in [-0.05, 0) is 49.2 Å². The number of anilines is 1. The second-order valence-corrected chi connectivity index (χ2v) is 6.01. The van der Waals surface area contributed by atoms with E-state index in [-0.39, 0.29) is 5.91 Å². The van der Waals surface area contributed by atoms with Crippen molar-refractivity contribution >= 4 is 17.5 Å². The van der Waals surface area contributed by atoms with E-state index in [0.29, 0.717) is 41.5 Å². The van der Waals surface area contributed by atoms with Crippen molar-refractivity contribution in [2.45, 2.75) is 20.3 Å². The minimum Gasteiger partial charge on any atom is -0.490 e. The van der Waals surface area contributed by atoms with Gasteiger partial charge in [-0.1, -0.05) is 6.07 Å². The molecule has 1 aliphatic rings. The predicted octanol–water partition coefficient (Wildman–Crippen LogP) is 2.82. The van der Waals surface area contributed by atoms with Crippen molar-refractivity contribution in [3.8, 4) is 11.5 Å². The first-order valence-electron chi connectivity index (χ1n) is 8.08. The van der Waals surface area contributed by atoms with Crippen LogP contribution < -0.4 is 20.5 Å². The molecule has 0 radical (unpaired) electrons. The maximum absolute atomic E-state index is 12.7. The molecule has 0 bridgehead atoms. The Morgan fingerprint density at radius 3 is 2.36 bits per heavy atom. The number of carbonyl (C=O) groups excluding carboxylic acids is 2. The molecule has 2 aromatic rings. The number of primary amides is 1. The highest BCUT2D eigenvalue weighted by atomic mass is 16.5. The molecule has 0 saturated heterocycles. The number of nitrogens with one attached hydrogen (secondary N) is 1. The number of carbonyl (C=O) groups is 2. The largest absolute Gasteiger partial charge is 0.490 e. The van der Waals surface area contributed by atoms with E-state index in [1.165, 1.54) is 0 Å². The highest BCUT2D eigenvalue weighted by Gasteiger charge is 2.18. The summed E-state index contributed by atoms with van der Waals surface area (Å²) in [6.07, 6.45) is 0.800. The second kappa shape index (κ2) is 6.84. The topological polar surface area (TPSA) is 90.7 Å². The van der Waals surface area contributed by atoms with Crippen LogP contribution in [0.3, 0.4) is 0 Å². The fourth-order valence-electron chi connectivity index (χ4n) is 2.65. The Morgan fingerprint density at radius 1 is 1.00 bits per heavy atom. The van der Waals surface area contributed by atoms with Gasteiger partial charge >= 0.3 is 0 Å². The van der Waals surface area contributed by atoms with Crippen molar-refractivity contribution in [2.75, 3.05) is 18.5 Å². The molecule has 0 aromatic heterocycles. The summed E-state index contributed by atoms with van der Waals surface area (Å²) < 4.78 is 11.3. The summed E-state index contributed by atoms with van der Waals surface area (Å²) >= 11 is 0. The van der Waals surface area contributed by atoms with E-state index in [9.17, 15) is 9.59 Å². The van der Waals surface area contributed by atoms with Gasteiger partial charge in [0.05, 0.1) is 13.2 Å². The first kappa shape index (κ1) is 16.8. The third kappa shape index (κ3) is 3.57. The third-order valence-electron chi connectivity index (χ3n) is 4.11. The number of aryl methyl sites for hydroxylation is 2. The lowest BCUT2D eigenvalue weighted by Gasteiger charge is -2.14. The Morgan fingerprint density at radius 2 is 1.68 bits per heavy atom. The molecule has 0 unspecified atom stereocenters. The first-order valence-corrected chi connectivity index (χ1v) is 8.08. The Hall–Kier alpha value is -3.02. The summed E-state index contributed by atoms with van der Waals surface area (Å²) in [6, 6.07) is 8.46. The van der Waals surface area contributed by atoms with E-state index in [1.54, 1.807) is 24.3 Å². The van der Waals surface area contributed by atoms with Gasteiger partial charge in [-0.25, -0.2) is 0 Å². The monoisotopic (exact) mass is 340 g/mol. The van der Waals surface area contributed by atoms with Crippen molar-refractivity contribution in [3.63, 3.8) is 0 Å². The number of rotatable bonds is 3. The third-order valence-corrected chi connectivity index (χ3v) is 4.11. The average molecular weight is 340 g/mol. The highest BCUT2D eigenvalue weighted by Crippen LogP contribution is 2.33. The minimum absolute atomic E-state index is 0.280. The van der Waals surface area contributed by atoms with Crippen LogP contribution in [0.1, 0.15) is 38.3 Å². The zero-order valence-corrected chi connectivity index (χ0v) is 14.2. The zero-order valence-electron chi connectivity index (χ0n) is 14.2. The number of amides is 2. The molecular formula is C19H20N2O4. The van der Waals surface area contributed by atoms with Gasteiger partial charge in [0.2, 0.25) is 5.91 Å². The fourth-order valence-corrected chi connectivity index (χ4v) is 2.65. The van der Waals surface area contributed by atoms with Crippen molar-refractivity contribution < 1.29 is 19.1 Å². The summed E-state index contributed by atoms with van der Waals surface area (Å²) in [4.78, 5) is 24.1. The van der Waals surface area contributed by atoms with Crippen LogP contribution in [-0.4, -0.2) is 25.0 Å². The van der Waals surface area contributed by atoms with Crippen LogP contribution in [0.25, 0.3) is 0 Å². The van der Waals surface area contributed by atoms with Crippen LogP contribution >= 0.6 is 0 Å². The van der Waals surface area contributed by atoms with Gasteiger partial charge < -0.3 is 20.5 Å². The predicted molar refractivity (Wildman–Crippen MR) is 94.4 cm³/mol. The van der Waals surface area contributed by atoms with Crippen LogP contribution in [0.4, 0.5) is 5.69 Å². The Bertz CT molecular complexity index is 846. The molecule has 130 valence electrons. The lowest BCUT2D eigenvalue weighted by molar-refractivity contribution is 0.0996. The second-order valence-electron chi connectivity index (χ2n) is 6.01. The van der Waals surface area contributed by atoms with Gasteiger partial charge in [-0.2, -0.15) is 0 Å². The normalized spacial score (nSPS) is 13.0. The number of benzene rings is 2. The number of hydrogen-bond donors (Lipinski definition) is 2. The fraction of sp³-hybridized carbons (Fsp3) is 0.263. The molecule has 6 nitrogen and oxygen atoms in total. The Labute approximate surface area is 145 Å². The van der Waals surface area contributed by atoms with Gasteiger partial charge in [0.15, 0.2) is 11.5 Å². The molecule has 0 spiro atoms.